The summed E-state index contributed by atoms with van der Waals surface area (Å²) in [5, 5.41) is 0.600. The first-order valence-corrected chi connectivity index (χ1v) is 9.46. The third kappa shape index (κ3) is 3.02. The summed E-state index contributed by atoms with van der Waals surface area (Å²) in [5.74, 6) is -0.342. The van der Waals surface area contributed by atoms with Gasteiger partial charge in [-0.1, -0.05) is 40.2 Å². The van der Waals surface area contributed by atoms with Gasteiger partial charge in [-0.25, -0.2) is 9.59 Å². The van der Waals surface area contributed by atoms with Crippen LogP contribution in [-0.4, -0.2) is 18.8 Å². The van der Waals surface area contributed by atoms with Crippen molar-refractivity contribution in [2.24, 2.45) is 5.73 Å². The van der Waals surface area contributed by atoms with E-state index in [0.717, 1.165) is 4.47 Å². The average molecular weight is 442 g/mol. The van der Waals surface area contributed by atoms with Crippen molar-refractivity contribution in [3.63, 3.8) is 0 Å². The Morgan fingerprint density at radius 2 is 2.00 bits per heavy atom. The molecule has 1 aliphatic heterocycles. The molecule has 1 unspecified atom stereocenters. The van der Waals surface area contributed by atoms with Gasteiger partial charge in [-0.15, -0.1) is 0 Å². The lowest BCUT2D eigenvalue weighted by atomic mass is 9.90. The van der Waals surface area contributed by atoms with Crippen LogP contribution in [0.25, 0.3) is 16.5 Å². The number of benzene rings is 2. The van der Waals surface area contributed by atoms with Gasteiger partial charge in [-0.05, 0) is 36.8 Å². The SMILES string of the molecule is CCOC(=O)C1=C(c2cccc(Br)c2)c2c(c3ccccc3oc2=O)OC1N. The van der Waals surface area contributed by atoms with Gasteiger partial charge in [0, 0.05) is 10.0 Å². The van der Waals surface area contributed by atoms with E-state index in [1.165, 1.54) is 0 Å². The van der Waals surface area contributed by atoms with Gasteiger partial charge in [-0.2, -0.15) is 0 Å². The zero-order valence-electron chi connectivity index (χ0n) is 14.9. The first kappa shape index (κ1) is 18.5. The predicted octanol–water partition coefficient (Wildman–Crippen LogP) is 3.60. The van der Waals surface area contributed by atoms with Crippen LogP contribution in [0.5, 0.6) is 5.75 Å². The van der Waals surface area contributed by atoms with E-state index in [1.54, 1.807) is 49.4 Å². The van der Waals surface area contributed by atoms with E-state index in [0.29, 0.717) is 27.9 Å². The highest BCUT2D eigenvalue weighted by atomic mass is 79.9. The molecule has 3 aromatic rings. The zero-order chi connectivity index (χ0) is 19.8. The van der Waals surface area contributed by atoms with Crippen LogP contribution >= 0.6 is 15.9 Å². The Labute approximate surface area is 168 Å². The molecule has 6 nitrogen and oxygen atoms in total. The number of carbonyl (C=O) groups excluding carboxylic acids is 1. The fourth-order valence-electron chi connectivity index (χ4n) is 3.29. The van der Waals surface area contributed by atoms with Gasteiger partial charge in [0.05, 0.1) is 12.0 Å². The maximum atomic E-state index is 12.9. The third-order valence-corrected chi connectivity index (χ3v) is 4.92. The predicted molar refractivity (Wildman–Crippen MR) is 108 cm³/mol. The number of para-hydroxylation sites is 1. The molecule has 0 radical (unpaired) electrons. The molecule has 7 heteroatoms. The molecule has 1 aliphatic rings. The van der Waals surface area contributed by atoms with E-state index >= 15 is 0 Å². The highest BCUT2D eigenvalue weighted by Crippen LogP contribution is 2.41. The van der Waals surface area contributed by atoms with Crippen molar-refractivity contribution in [1.82, 2.24) is 0 Å². The molecular weight excluding hydrogens is 426 g/mol. The van der Waals surface area contributed by atoms with Crippen LogP contribution in [0.3, 0.4) is 0 Å². The van der Waals surface area contributed by atoms with Gasteiger partial charge in [0.25, 0.3) is 0 Å². The standard InChI is InChI=1S/C21H16BrNO5/c1-2-26-20(24)17-15(11-6-5-7-12(22)10-11)16-18(28-19(17)23)13-8-3-4-9-14(13)27-21(16)25/h3-10,19H,2,23H2,1H3. The highest BCUT2D eigenvalue weighted by Gasteiger charge is 2.36. The summed E-state index contributed by atoms with van der Waals surface area (Å²) in [6, 6.07) is 14.2. The van der Waals surface area contributed by atoms with Crippen LogP contribution in [0.4, 0.5) is 0 Å². The van der Waals surface area contributed by atoms with Gasteiger partial charge >= 0.3 is 11.6 Å². The first-order valence-electron chi connectivity index (χ1n) is 8.67. The van der Waals surface area contributed by atoms with Crippen molar-refractivity contribution < 1.29 is 18.7 Å². The number of ether oxygens (including phenoxy) is 2. The maximum absolute atomic E-state index is 12.9. The fraction of sp³-hybridized carbons (Fsp3) is 0.143. The Bertz CT molecular complexity index is 1180. The Kier molecular flexibility index (Phi) is 4.78. The molecule has 0 aliphatic carbocycles. The summed E-state index contributed by atoms with van der Waals surface area (Å²) in [6.45, 7) is 1.86. The minimum atomic E-state index is -1.09. The second-order valence-corrected chi connectivity index (χ2v) is 7.06. The third-order valence-electron chi connectivity index (χ3n) is 4.42. The molecular formula is C21H16BrNO5. The molecule has 28 heavy (non-hydrogen) atoms. The van der Waals surface area contributed by atoms with Gasteiger partial charge in [0.15, 0.2) is 6.23 Å². The van der Waals surface area contributed by atoms with Crippen LogP contribution in [0.15, 0.2) is 67.8 Å². The van der Waals surface area contributed by atoms with E-state index in [4.69, 9.17) is 19.6 Å². The average Bonchev–Trinajstić information content (AvgIpc) is 2.67. The summed E-state index contributed by atoms with van der Waals surface area (Å²) in [6.07, 6.45) is -1.09. The van der Waals surface area contributed by atoms with E-state index in [1.807, 2.05) is 6.07 Å². The Balaban J connectivity index is 2.12. The molecule has 2 aromatic carbocycles. The van der Waals surface area contributed by atoms with Gasteiger partial charge in [0.1, 0.15) is 22.5 Å². The number of rotatable bonds is 3. The van der Waals surface area contributed by atoms with Crippen LogP contribution < -0.4 is 16.1 Å². The smallest absolute Gasteiger partial charge is 0.348 e. The van der Waals surface area contributed by atoms with Crippen LogP contribution in [-0.2, 0) is 9.53 Å². The summed E-state index contributed by atoms with van der Waals surface area (Å²) in [7, 11) is 0. The summed E-state index contributed by atoms with van der Waals surface area (Å²) >= 11 is 3.43. The fourth-order valence-corrected chi connectivity index (χ4v) is 3.69. The molecule has 4 rings (SSSR count). The largest absolute Gasteiger partial charge is 0.469 e. The minimum Gasteiger partial charge on any atom is -0.469 e. The summed E-state index contributed by atoms with van der Waals surface area (Å²) in [5.41, 5.74) is 7.19. The number of nitrogens with two attached hydrogens (primary N) is 1. The van der Waals surface area contributed by atoms with Crippen LogP contribution in [0.2, 0.25) is 0 Å². The van der Waals surface area contributed by atoms with Crippen LogP contribution in [0, 0.1) is 0 Å². The van der Waals surface area contributed by atoms with Gasteiger partial charge in [0.2, 0.25) is 0 Å². The number of hydrogen-bond donors (Lipinski definition) is 1. The van der Waals surface area contributed by atoms with Crippen molar-refractivity contribution in [2.45, 2.75) is 13.2 Å². The molecule has 2 heterocycles. The van der Waals surface area contributed by atoms with Gasteiger partial charge < -0.3 is 13.9 Å². The molecule has 0 spiro atoms. The molecule has 1 aromatic heterocycles. The Morgan fingerprint density at radius 3 is 2.75 bits per heavy atom. The van der Waals surface area contributed by atoms with Crippen molar-refractivity contribution in [3.05, 3.63) is 80.1 Å². The Hall–Kier alpha value is -2.90. The normalized spacial score (nSPS) is 15.9. The van der Waals surface area contributed by atoms with E-state index < -0.39 is 17.8 Å². The lowest BCUT2D eigenvalue weighted by Crippen LogP contribution is -2.39. The molecule has 0 saturated heterocycles. The molecule has 2 N–H and O–H groups in total. The van der Waals surface area contributed by atoms with Gasteiger partial charge in [-0.3, -0.25) is 5.73 Å². The second kappa shape index (κ2) is 7.26. The van der Waals surface area contributed by atoms with Crippen molar-refractivity contribution in [1.29, 1.82) is 0 Å². The molecule has 0 saturated carbocycles. The van der Waals surface area contributed by atoms with E-state index in [2.05, 4.69) is 15.9 Å². The van der Waals surface area contributed by atoms with E-state index in [-0.39, 0.29) is 17.7 Å². The Morgan fingerprint density at radius 1 is 1.21 bits per heavy atom. The maximum Gasteiger partial charge on any atom is 0.348 e. The molecule has 142 valence electrons. The lowest BCUT2D eigenvalue weighted by molar-refractivity contribution is -0.139. The topological polar surface area (TPSA) is 91.8 Å². The monoisotopic (exact) mass is 441 g/mol. The number of esters is 1. The quantitative estimate of drug-likeness (QED) is 0.493. The molecule has 1 atom stereocenters. The number of carbonyl (C=O) groups is 1. The highest BCUT2D eigenvalue weighted by molar-refractivity contribution is 9.10. The molecule has 0 bridgehead atoms. The van der Waals surface area contributed by atoms with E-state index in [9.17, 15) is 9.59 Å². The molecule has 0 fully saturated rings. The number of halogens is 1. The number of fused-ring (bicyclic) bond motifs is 3. The first-order chi connectivity index (χ1) is 13.5. The van der Waals surface area contributed by atoms with Crippen molar-refractivity contribution >= 4 is 38.4 Å². The lowest BCUT2D eigenvalue weighted by Gasteiger charge is -2.28. The second-order valence-electron chi connectivity index (χ2n) is 6.15. The summed E-state index contributed by atoms with van der Waals surface area (Å²) in [4.78, 5) is 25.6. The zero-order valence-corrected chi connectivity index (χ0v) is 16.5. The minimum absolute atomic E-state index is 0.0787. The van der Waals surface area contributed by atoms with Crippen molar-refractivity contribution in [3.8, 4) is 5.75 Å². The number of hydrogen-bond acceptors (Lipinski definition) is 6. The van der Waals surface area contributed by atoms with Crippen LogP contribution in [0.1, 0.15) is 18.1 Å². The van der Waals surface area contributed by atoms with Crippen molar-refractivity contribution in [2.75, 3.05) is 6.61 Å². The molecule has 0 amide bonds. The summed E-state index contributed by atoms with van der Waals surface area (Å²) < 4.78 is 17.3.